The van der Waals surface area contributed by atoms with Gasteiger partial charge < -0.3 is 29.8 Å². The molecule has 0 radical (unpaired) electrons. The van der Waals surface area contributed by atoms with E-state index in [2.05, 4.69) is 10.6 Å². The molecule has 10 heteroatoms. The van der Waals surface area contributed by atoms with Crippen LogP contribution in [0.2, 0.25) is 0 Å². The summed E-state index contributed by atoms with van der Waals surface area (Å²) in [6.07, 6.45) is 1.29. The van der Waals surface area contributed by atoms with Crippen LogP contribution in [0.5, 0.6) is 11.5 Å². The van der Waals surface area contributed by atoms with Gasteiger partial charge in [-0.05, 0) is 42.8 Å². The van der Waals surface area contributed by atoms with Gasteiger partial charge in [0.1, 0.15) is 11.5 Å². The Morgan fingerprint density at radius 2 is 2.00 bits per heavy atom. The smallest absolute Gasteiger partial charge is 0.320 e. The Labute approximate surface area is 194 Å². The minimum Gasteiger partial charge on any atom is -0.505 e. The minimum atomic E-state index is -0.737. The number of amides is 2. The molecule has 0 saturated heterocycles. The van der Waals surface area contributed by atoms with Crippen LogP contribution < -0.4 is 20.9 Å². The number of aromatic hydroxyl groups is 1. The van der Waals surface area contributed by atoms with Crippen LogP contribution in [0.25, 0.3) is 10.4 Å². The number of carbonyl (C=O) groups excluding carboxylic acids is 2. The second kappa shape index (κ2) is 10.7. The van der Waals surface area contributed by atoms with E-state index in [0.29, 0.717) is 5.75 Å². The van der Waals surface area contributed by atoms with Crippen LogP contribution in [0.1, 0.15) is 24.3 Å². The molecule has 3 rings (SSSR count). The Morgan fingerprint density at radius 3 is 2.73 bits per heavy atom. The molecule has 3 aromatic rings. The van der Waals surface area contributed by atoms with Gasteiger partial charge in [-0.15, -0.1) is 11.3 Å². The maximum absolute atomic E-state index is 12.7. The number of urea groups is 1. The number of pyridine rings is 1. The number of thiophene rings is 1. The predicted molar refractivity (Wildman–Crippen MR) is 126 cm³/mol. The summed E-state index contributed by atoms with van der Waals surface area (Å²) >= 11 is 1.41. The summed E-state index contributed by atoms with van der Waals surface area (Å²) in [5.74, 6) is -0.114. The first kappa shape index (κ1) is 23.9. The first-order chi connectivity index (χ1) is 15.8. The number of ether oxygens (including phenoxy) is 2. The second-order valence-electron chi connectivity index (χ2n) is 7.09. The van der Waals surface area contributed by atoms with E-state index in [4.69, 9.17) is 9.47 Å². The lowest BCUT2D eigenvalue weighted by Crippen LogP contribution is -2.35. The van der Waals surface area contributed by atoms with Gasteiger partial charge in [0, 0.05) is 23.0 Å². The Kier molecular flexibility index (Phi) is 7.73. The third kappa shape index (κ3) is 5.92. The van der Waals surface area contributed by atoms with Crippen molar-refractivity contribution in [3.05, 3.63) is 63.9 Å². The molecule has 1 atom stereocenters. The zero-order valence-electron chi connectivity index (χ0n) is 18.5. The molecule has 33 heavy (non-hydrogen) atoms. The summed E-state index contributed by atoms with van der Waals surface area (Å²) in [6, 6.07) is 11.1. The zero-order valence-corrected chi connectivity index (χ0v) is 19.3. The number of nitrogens with one attached hydrogen (secondary N) is 2. The third-order valence-electron chi connectivity index (χ3n) is 4.79. The number of benzene rings is 1. The van der Waals surface area contributed by atoms with Gasteiger partial charge in [0.2, 0.25) is 0 Å². The van der Waals surface area contributed by atoms with Crippen LogP contribution in [0.15, 0.2) is 53.5 Å². The molecule has 174 valence electrons. The maximum Gasteiger partial charge on any atom is 0.320 e. The Bertz CT molecular complexity index is 1200. The Hall–Kier alpha value is -3.79. The predicted octanol–water partition coefficient (Wildman–Crippen LogP) is 3.64. The first-order valence-electron chi connectivity index (χ1n) is 10.2. The molecule has 0 aliphatic heterocycles. The molecule has 0 saturated carbocycles. The fraction of sp³-hybridized carbons (Fsp3) is 0.261. The van der Waals surface area contributed by atoms with E-state index in [-0.39, 0.29) is 24.5 Å². The summed E-state index contributed by atoms with van der Waals surface area (Å²) < 4.78 is 11.6. The quantitative estimate of drug-likeness (QED) is 0.432. The van der Waals surface area contributed by atoms with Crippen molar-refractivity contribution in [3.63, 3.8) is 0 Å². The van der Waals surface area contributed by atoms with Gasteiger partial charge in [0.25, 0.3) is 5.56 Å². The number of nitrogens with zero attached hydrogens (tertiary/aromatic N) is 1. The molecular formula is C23H25N3O6S. The average molecular weight is 472 g/mol. The summed E-state index contributed by atoms with van der Waals surface area (Å²) in [5.41, 5.74) is 0.113. The van der Waals surface area contributed by atoms with Gasteiger partial charge in [-0.3, -0.25) is 9.59 Å². The van der Waals surface area contributed by atoms with Crippen molar-refractivity contribution in [2.24, 2.45) is 7.05 Å². The van der Waals surface area contributed by atoms with E-state index >= 15 is 0 Å². The molecule has 9 nitrogen and oxygen atoms in total. The van der Waals surface area contributed by atoms with Gasteiger partial charge in [-0.1, -0.05) is 12.1 Å². The average Bonchev–Trinajstić information content (AvgIpc) is 3.29. The molecule has 2 aromatic heterocycles. The molecule has 3 N–H and O–H groups in total. The number of carbonyl (C=O) groups is 2. The standard InChI is InChI=1S/C23H25N3O6S/c1-4-32-20(28)13-16(24-23(30)25-21-17(27)10-11-26(2)22(21)29)19-9-8-18(33-19)14-6-5-7-15(12-14)31-3/h5-12,16,27H,4,13H2,1-3H3,(H2,24,25,30)/t16-/m0/s1. The summed E-state index contributed by atoms with van der Waals surface area (Å²) in [4.78, 5) is 38.7. The number of aryl methyl sites for hydroxylation is 1. The molecule has 0 spiro atoms. The molecule has 0 aliphatic rings. The molecule has 0 aliphatic carbocycles. The van der Waals surface area contributed by atoms with Crippen molar-refractivity contribution in [1.29, 1.82) is 0 Å². The van der Waals surface area contributed by atoms with E-state index in [1.54, 1.807) is 14.0 Å². The van der Waals surface area contributed by atoms with Crippen LogP contribution in [0, 0.1) is 0 Å². The number of rotatable bonds is 8. The topological polar surface area (TPSA) is 119 Å². The summed E-state index contributed by atoms with van der Waals surface area (Å²) in [7, 11) is 3.09. The monoisotopic (exact) mass is 471 g/mol. The van der Waals surface area contributed by atoms with E-state index < -0.39 is 23.6 Å². The van der Waals surface area contributed by atoms with E-state index in [1.807, 2.05) is 36.4 Å². The molecular weight excluding hydrogens is 446 g/mol. The van der Waals surface area contributed by atoms with E-state index in [0.717, 1.165) is 15.3 Å². The summed E-state index contributed by atoms with van der Waals surface area (Å²) in [6.45, 7) is 1.91. The molecule has 2 amide bonds. The summed E-state index contributed by atoms with van der Waals surface area (Å²) in [5, 5.41) is 15.1. The van der Waals surface area contributed by atoms with Gasteiger partial charge in [-0.25, -0.2) is 4.79 Å². The lowest BCUT2D eigenvalue weighted by Gasteiger charge is -2.17. The fourth-order valence-corrected chi connectivity index (χ4v) is 4.18. The van der Waals surface area contributed by atoms with Crippen LogP contribution in [-0.4, -0.2) is 35.4 Å². The van der Waals surface area contributed by atoms with Gasteiger partial charge in [-0.2, -0.15) is 0 Å². The molecule has 0 fully saturated rings. The van der Waals surface area contributed by atoms with Crippen LogP contribution in [0.4, 0.5) is 10.5 Å². The first-order valence-corrected chi connectivity index (χ1v) is 11.0. The highest BCUT2D eigenvalue weighted by Crippen LogP contribution is 2.34. The zero-order chi connectivity index (χ0) is 24.0. The minimum absolute atomic E-state index is 0.0991. The highest BCUT2D eigenvalue weighted by Gasteiger charge is 2.22. The number of anilines is 1. The van der Waals surface area contributed by atoms with E-state index in [9.17, 15) is 19.5 Å². The van der Waals surface area contributed by atoms with Gasteiger partial charge in [0.15, 0.2) is 5.69 Å². The Balaban J connectivity index is 1.84. The second-order valence-corrected chi connectivity index (χ2v) is 8.20. The Morgan fingerprint density at radius 1 is 1.21 bits per heavy atom. The molecule has 0 bridgehead atoms. The normalized spacial score (nSPS) is 11.5. The van der Waals surface area contributed by atoms with Crippen molar-refractivity contribution < 1.29 is 24.2 Å². The van der Waals surface area contributed by atoms with Gasteiger partial charge in [0.05, 0.1) is 26.2 Å². The van der Waals surface area contributed by atoms with Gasteiger partial charge >= 0.3 is 12.0 Å². The van der Waals surface area contributed by atoms with Crippen LogP contribution >= 0.6 is 11.3 Å². The molecule has 1 aromatic carbocycles. The van der Waals surface area contributed by atoms with Crippen LogP contribution in [0.3, 0.4) is 0 Å². The molecule has 2 heterocycles. The third-order valence-corrected chi connectivity index (χ3v) is 6.04. The number of hydrogen-bond donors (Lipinski definition) is 3. The number of hydrogen-bond acceptors (Lipinski definition) is 7. The highest BCUT2D eigenvalue weighted by molar-refractivity contribution is 7.15. The van der Waals surface area contributed by atoms with Crippen molar-refractivity contribution in [2.45, 2.75) is 19.4 Å². The fourth-order valence-electron chi connectivity index (χ4n) is 3.13. The van der Waals surface area contributed by atoms with E-state index in [1.165, 1.54) is 35.2 Å². The number of esters is 1. The maximum atomic E-state index is 12.7. The lowest BCUT2D eigenvalue weighted by atomic mass is 10.1. The van der Waals surface area contributed by atoms with Crippen molar-refractivity contribution in [2.75, 3.05) is 19.0 Å². The lowest BCUT2D eigenvalue weighted by molar-refractivity contribution is -0.143. The van der Waals surface area contributed by atoms with Crippen molar-refractivity contribution in [1.82, 2.24) is 9.88 Å². The molecule has 0 unspecified atom stereocenters. The number of methoxy groups -OCH3 is 1. The van der Waals surface area contributed by atoms with Crippen molar-refractivity contribution >= 4 is 29.0 Å². The SMILES string of the molecule is CCOC(=O)C[C@H](NC(=O)Nc1c(O)ccn(C)c1=O)c1ccc(-c2cccc(OC)c2)s1. The van der Waals surface area contributed by atoms with Crippen LogP contribution in [-0.2, 0) is 16.6 Å². The highest BCUT2D eigenvalue weighted by atomic mass is 32.1. The van der Waals surface area contributed by atoms with Crippen molar-refractivity contribution in [3.8, 4) is 21.9 Å². The largest absolute Gasteiger partial charge is 0.505 e. The number of aromatic nitrogens is 1.